The second-order valence-electron chi connectivity index (χ2n) is 6.99. The van der Waals surface area contributed by atoms with E-state index in [0.29, 0.717) is 13.1 Å². The van der Waals surface area contributed by atoms with Crippen molar-refractivity contribution in [3.8, 4) is 5.75 Å². The smallest absolute Gasteiger partial charge is 0.277 e. The Morgan fingerprint density at radius 1 is 1.11 bits per heavy atom. The van der Waals surface area contributed by atoms with Crippen LogP contribution in [0.15, 0.2) is 48.5 Å². The van der Waals surface area contributed by atoms with Crippen LogP contribution in [0.4, 0.5) is 10.1 Å². The number of nitrogens with one attached hydrogen (secondary N) is 1. The van der Waals surface area contributed by atoms with Crippen LogP contribution in [0.3, 0.4) is 0 Å². The first-order valence-corrected chi connectivity index (χ1v) is 9.26. The van der Waals surface area contributed by atoms with Gasteiger partial charge >= 0.3 is 0 Å². The molecule has 1 amide bonds. The summed E-state index contributed by atoms with van der Waals surface area (Å²) < 4.78 is 18.2. The Balaban J connectivity index is 1.46. The Bertz CT molecular complexity index is 741. The maximum absolute atomic E-state index is 13.0. The predicted octanol–water partition coefficient (Wildman–Crippen LogP) is 1.20. The lowest BCUT2D eigenvalue weighted by atomic mass is 10.2. The Morgan fingerprint density at radius 2 is 1.74 bits per heavy atom. The van der Waals surface area contributed by atoms with E-state index in [2.05, 4.69) is 17.0 Å². The van der Waals surface area contributed by atoms with Crippen LogP contribution in [0.5, 0.6) is 5.75 Å². The number of halogens is 1. The fourth-order valence-corrected chi connectivity index (χ4v) is 3.35. The van der Waals surface area contributed by atoms with Crippen LogP contribution in [-0.4, -0.2) is 57.7 Å². The number of rotatable bonds is 6. The topological polar surface area (TPSA) is 37.2 Å². The standard InChI is InChI=1S/C21H26FN3O2/c1-23(15-17-3-5-18(22)6-4-17)21(26)16-24-11-13-25(14-12-24)19-7-9-20(27-2)10-8-19/h3-10H,11-16H2,1-2H3/p+1. The highest BCUT2D eigenvalue weighted by atomic mass is 19.1. The van der Waals surface area contributed by atoms with E-state index in [4.69, 9.17) is 4.74 Å². The number of nitrogens with zero attached hydrogens (tertiary/aromatic N) is 2. The first kappa shape index (κ1) is 19.2. The van der Waals surface area contributed by atoms with E-state index in [1.807, 2.05) is 12.1 Å². The zero-order chi connectivity index (χ0) is 19.2. The van der Waals surface area contributed by atoms with Gasteiger partial charge in [-0.05, 0) is 42.0 Å². The van der Waals surface area contributed by atoms with Crippen LogP contribution < -0.4 is 14.5 Å². The molecule has 1 heterocycles. The number of carbonyl (C=O) groups is 1. The van der Waals surface area contributed by atoms with Gasteiger partial charge in [0.2, 0.25) is 0 Å². The Kier molecular flexibility index (Phi) is 6.29. The molecule has 0 atom stereocenters. The quantitative estimate of drug-likeness (QED) is 0.828. The molecule has 0 unspecified atom stereocenters. The van der Waals surface area contributed by atoms with Gasteiger partial charge in [-0.3, -0.25) is 4.79 Å². The maximum atomic E-state index is 13.0. The zero-order valence-electron chi connectivity index (χ0n) is 16.0. The van der Waals surface area contributed by atoms with Gasteiger partial charge in [-0.1, -0.05) is 12.1 Å². The molecule has 0 saturated carbocycles. The van der Waals surface area contributed by atoms with Crippen molar-refractivity contribution in [2.45, 2.75) is 6.54 Å². The summed E-state index contributed by atoms with van der Waals surface area (Å²) in [6.45, 7) is 4.72. The van der Waals surface area contributed by atoms with E-state index in [1.54, 1.807) is 31.2 Å². The molecule has 5 nitrogen and oxygen atoms in total. The summed E-state index contributed by atoms with van der Waals surface area (Å²) in [7, 11) is 3.47. The number of ether oxygens (including phenoxy) is 1. The van der Waals surface area contributed by atoms with Gasteiger partial charge in [-0.25, -0.2) is 4.39 Å². The lowest BCUT2D eigenvalue weighted by molar-refractivity contribution is -0.892. The lowest BCUT2D eigenvalue weighted by Crippen LogP contribution is -3.15. The van der Waals surface area contributed by atoms with Crippen LogP contribution in [-0.2, 0) is 11.3 Å². The minimum Gasteiger partial charge on any atom is -0.497 e. The summed E-state index contributed by atoms with van der Waals surface area (Å²) in [6, 6.07) is 14.4. The number of benzene rings is 2. The Hall–Kier alpha value is -2.60. The third-order valence-electron chi connectivity index (χ3n) is 5.07. The molecular weight excluding hydrogens is 345 g/mol. The van der Waals surface area contributed by atoms with Gasteiger partial charge in [0.1, 0.15) is 11.6 Å². The van der Waals surface area contributed by atoms with Crippen molar-refractivity contribution in [1.29, 1.82) is 0 Å². The van der Waals surface area contributed by atoms with Gasteiger partial charge < -0.3 is 19.4 Å². The van der Waals surface area contributed by atoms with E-state index >= 15 is 0 Å². The number of methoxy groups -OCH3 is 1. The largest absolute Gasteiger partial charge is 0.497 e. The summed E-state index contributed by atoms with van der Waals surface area (Å²) in [6.07, 6.45) is 0. The summed E-state index contributed by atoms with van der Waals surface area (Å²) in [4.78, 5) is 17.9. The molecule has 1 fully saturated rings. The van der Waals surface area contributed by atoms with Gasteiger partial charge in [0.05, 0.1) is 33.3 Å². The Morgan fingerprint density at radius 3 is 2.33 bits per heavy atom. The van der Waals surface area contributed by atoms with E-state index in [1.165, 1.54) is 22.7 Å². The van der Waals surface area contributed by atoms with Gasteiger partial charge in [-0.15, -0.1) is 0 Å². The zero-order valence-corrected chi connectivity index (χ0v) is 16.0. The highest BCUT2D eigenvalue weighted by molar-refractivity contribution is 5.76. The van der Waals surface area contributed by atoms with Crippen LogP contribution in [0.2, 0.25) is 0 Å². The van der Waals surface area contributed by atoms with Gasteiger partial charge in [0.15, 0.2) is 6.54 Å². The number of piperazine rings is 1. The second kappa shape index (κ2) is 8.86. The van der Waals surface area contributed by atoms with Crippen LogP contribution in [0.1, 0.15) is 5.56 Å². The SMILES string of the molecule is COc1ccc(N2CC[NH+](CC(=O)N(C)Cc3ccc(F)cc3)CC2)cc1. The van der Waals surface area contributed by atoms with Crippen molar-refractivity contribution >= 4 is 11.6 Å². The number of hydrogen-bond donors (Lipinski definition) is 1. The summed E-state index contributed by atoms with van der Waals surface area (Å²) in [5.41, 5.74) is 2.13. The Labute approximate surface area is 159 Å². The van der Waals surface area contributed by atoms with Crippen molar-refractivity contribution in [1.82, 2.24) is 4.90 Å². The summed E-state index contributed by atoms with van der Waals surface area (Å²) in [5.74, 6) is 0.719. The summed E-state index contributed by atoms with van der Waals surface area (Å²) in [5, 5.41) is 0. The van der Waals surface area contributed by atoms with Gasteiger partial charge in [0, 0.05) is 19.3 Å². The molecule has 0 radical (unpaired) electrons. The highest BCUT2D eigenvalue weighted by Crippen LogP contribution is 2.18. The molecule has 0 bridgehead atoms. The molecule has 2 aromatic carbocycles. The van der Waals surface area contributed by atoms with Crippen molar-refractivity contribution in [3.63, 3.8) is 0 Å². The number of hydrogen-bond acceptors (Lipinski definition) is 3. The monoisotopic (exact) mass is 372 g/mol. The molecule has 0 spiro atoms. The van der Waals surface area contributed by atoms with Crippen LogP contribution in [0, 0.1) is 5.82 Å². The second-order valence-corrected chi connectivity index (χ2v) is 6.99. The molecule has 1 aliphatic rings. The minimum absolute atomic E-state index is 0.118. The fourth-order valence-electron chi connectivity index (χ4n) is 3.35. The van der Waals surface area contributed by atoms with E-state index in [0.717, 1.165) is 37.5 Å². The number of carbonyl (C=O) groups excluding carboxylic acids is 1. The normalized spacial score (nSPS) is 14.9. The fraction of sp³-hybridized carbons (Fsp3) is 0.381. The van der Waals surface area contributed by atoms with Crippen LogP contribution in [0.25, 0.3) is 0 Å². The lowest BCUT2D eigenvalue weighted by Gasteiger charge is -2.34. The number of amides is 1. The average Bonchev–Trinajstić information content (AvgIpc) is 2.70. The van der Waals surface area contributed by atoms with Crippen molar-refractivity contribution in [3.05, 3.63) is 59.9 Å². The van der Waals surface area contributed by atoms with E-state index < -0.39 is 0 Å². The number of likely N-dealkylation sites (N-methyl/N-ethyl adjacent to an activating group) is 1. The molecule has 1 aliphatic heterocycles. The first-order chi connectivity index (χ1) is 13.0. The summed E-state index contributed by atoms with van der Waals surface area (Å²) >= 11 is 0. The maximum Gasteiger partial charge on any atom is 0.277 e. The van der Waals surface area contributed by atoms with Crippen LogP contribution >= 0.6 is 0 Å². The third kappa shape index (κ3) is 5.20. The molecule has 6 heteroatoms. The molecular formula is C21H27FN3O2+. The minimum atomic E-state index is -0.257. The van der Waals surface area contributed by atoms with Gasteiger partial charge in [-0.2, -0.15) is 0 Å². The van der Waals surface area contributed by atoms with Crippen molar-refractivity contribution in [2.24, 2.45) is 0 Å². The van der Waals surface area contributed by atoms with E-state index in [9.17, 15) is 9.18 Å². The average molecular weight is 372 g/mol. The number of anilines is 1. The van der Waals surface area contributed by atoms with Gasteiger partial charge in [0.25, 0.3) is 5.91 Å². The van der Waals surface area contributed by atoms with Crippen molar-refractivity contribution in [2.75, 3.05) is 51.8 Å². The highest BCUT2D eigenvalue weighted by Gasteiger charge is 2.23. The molecule has 1 saturated heterocycles. The van der Waals surface area contributed by atoms with E-state index in [-0.39, 0.29) is 11.7 Å². The molecule has 1 N–H and O–H groups in total. The van der Waals surface area contributed by atoms with Crippen molar-refractivity contribution < 1.29 is 18.8 Å². The third-order valence-corrected chi connectivity index (χ3v) is 5.07. The molecule has 3 rings (SSSR count). The predicted molar refractivity (Wildman–Crippen MR) is 104 cm³/mol. The molecule has 2 aromatic rings. The molecule has 27 heavy (non-hydrogen) atoms. The molecule has 0 aliphatic carbocycles. The first-order valence-electron chi connectivity index (χ1n) is 9.26. The molecule has 0 aromatic heterocycles. The number of quaternary nitrogens is 1. The molecule has 144 valence electrons.